The number of nitrogens with one attached hydrogen (secondary N) is 1. The van der Waals surface area contributed by atoms with Gasteiger partial charge in [0.05, 0.1) is 5.69 Å². The number of fused-ring (bicyclic) bond motifs is 1. The lowest BCUT2D eigenvalue weighted by Crippen LogP contribution is -2.07. The minimum Gasteiger partial charge on any atom is -0.323 e. The lowest BCUT2D eigenvalue weighted by molar-refractivity contribution is -0.111. The van der Waals surface area contributed by atoms with E-state index in [0.29, 0.717) is 10.8 Å². The number of hydrogen-bond donors (Lipinski definition) is 1. The summed E-state index contributed by atoms with van der Waals surface area (Å²) < 4.78 is 1.83. The molecule has 3 rings (SSSR count). The van der Waals surface area contributed by atoms with Crippen molar-refractivity contribution in [2.45, 2.75) is 6.92 Å². The lowest BCUT2D eigenvalue weighted by atomic mass is 10.2. The third-order valence-electron chi connectivity index (χ3n) is 3.23. The van der Waals surface area contributed by atoms with Gasteiger partial charge >= 0.3 is 0 Å². The standard InChI is InChI=1S/C17H14ClN3O/c1-12-5-7-13(8-6-12)19-16(22)10-9-14-17(18)20-15-4-2-3-11-21(14)15/h2-11H,1H3,(H,19,22). The number of halogens is 1. The summed E-state index contributed by atoms with van der Waals surface area (Å²) in [5.41, 5.74) is 3.32. The molecular formula is C17H14ClN3O. The summed E-state index contributed by atoms with van der Waals surface area (Å²) in [7, 11) is 0. The number of carbonyl (C=O) groups excluding carboxylic acids is 1. The molecule has 0 saturated carbocycles. The Kier molecular flexibility index (Phi) is 3.94. The van der Waals surface area contributed by atoms with Crippen molar-refractivity contribution in [2.75, 3.05) is 5.32 Å². The first-order chi connectivity index (χ1) is 10.6. The van der Waals surface area contributed by atoms with E-state index < -0.39 is 0 Å². The van der Waals surface area contributed by atoms with E-state index >= 15 is 0 Å². The van der Waals surface area contributed by atoms with Crippen molar-refractivity contribution >= 4 is 34.9 Å². The summed E-state index contributed by atoms with van der Waals surface area (Å²) in [6, 6.07) is 13.2. The minimum absolute atomic E-state index is 0.217. The normalized spacial score (nSPS) is 11.2. The maximum atomic E-state index is 12.0. The molecule has 0 saturated heterocycles. The van der Waals surface area contributed by atoms with E-state index in [2.05, 4.69) is 10.3 Å². The molecular weight excluding hydrogens is 298 g/mol. The SMILES string of the molecule is Cc1ccc(NC(=O)C=Cc2c(Cl)nc3ccccn23)cc1. The van der Waals surface area contributed by atoms with Crippen LogP contribution in [-0.2, 0) is 4.79 Å². The summed E-state index contributed by atoms with van der Waals surface area (Å²) in [6.45, 7) is 2.00. The number of amides is 1. The number of anilines is 1. The Morgan fingerprint density at radius 2 is 2.00 bits per heavy atom. The fourth-order valence-corrected chi connectivity index (χ4v) is 2.35. The van der Waals surface area contributed by atoms with Crippen molar-refractivity contribution in [1.82, 2.24) is 9.38 Å². The van der Waals surface area contributed by atoms with Gasteiger partial charge in [0.25, 0.3) is 0 Å². The van der Waals surface area contributed by atoms with Gasteiger partial charge in [-0.15, -0.1) is 0 Å². The maximum absolute atomic E-state index is 12.0. The van der Waals surface area contributed by atoms with Crippen LogP contribution in [-0.4, -0.2) is 15.3 Å². The van der Waals surface area contributed by atoms with Crippen molar-refractivity contribution in [3.8, 4) is 0 Å². The topological polar surface area (TPSA) is 46.4 Å². The summed E-state index contributed by atoms with van der Waals surface area (Å²) in [5.74, 6) is -0.217. The zero-order valence-electron chi connectivity index (χ0n) is 12.0. The molecule has 0 atom stereocenters. The highest BCUT2D eigenvalue weighted by molar-refractivity contribution is 6.31. The molecule has 3 aromatic rings. The summed E-state index contributed by atoms with van der Waals surface area (Å²) >= 11 is 6.11. The average Bonchev–Trinajstić information content (AvgIpc) is 2.83. The molecule has 1 aromatic carbocycles. The van der Waals surface area contributed by atoms with E-state index in [1.54, 1.807) is 6.08 Å². The van der Waals surface area contributed by atoms with Gasteiger partial charge in [0.2, 0.25) is 5.91 Å². The van der Waals surface area contributed by atoms with Gasteiger partial charge in [0.15, 0.2) is 5.15 Å². The van der Waals surface area contributed by atoms with Crippen LogP contribution in [0.15, 0.2) is 54.7 Å². The molecule has 110 valence electrons. The Morgan fingerprint density at radius 1 is 1.23 bits per heavy atom. The Labute approximate surface area is 133 Å². The molecule has 2 heterocycles. The van der Waals surface area contributed by atoms with E-state index in [9.17, 15) is 4.79 Å². The highest BCUT2D eigenvalue weighted by atomic mass is 35.5. The summed E-state index contributed by atoms with van der Waals surface area (Å²) in [6.07, 6.45) is 4.96. The van der Waals surface area contributed by atoms with Gasteiger partial charge in [-0.2, -0.15) is 0 Å². The van der Waals surface area contributed by atoms with Gasteiger partial charge in [0.1, 0.15) is 5.65 Å². The predicted molar refractivity (Wildman–Crippen MR) is 89.0 cm³/mol. The second-order valence-corrected chi connectivity index (χ2v) is 5.26. The lowest BCUT2D eigenvalue weighted by Gasteiger charge is -2.02. The second-order valence-electron chi connectivity index (χ2n) is 4.91. The van der Waals surface area contributed by atoms with Crippen molar-refractivity contribution in [1.29, 1.82) is 0 Å². The van der Waals surface area contributed by atoms with Gasteiger partial charge in [-0.25, -0.2) is 4.98 Å². The average molecular weight is 312 g/mol. The van der Waals surface area contributed by atoms with Crippen molar-refractivity contribution in [3.63, 3.8) is 0 Å². The van der Waals surface area contributed by atoms with E-state index in [-0.39, 0.29) is 5.91 Å². The number of carbonyl (C=O) groups is 1. The van der Waals surface area contributed by atoms with Crippen LogP contribution in [0.25, 0.3) is 11.7 Å². The number of imidazole rings is 1. The highest BCUT2D eigenvalue weighted by Gasteiger charge is 2.07. The zero-order chi connectivity index (χ0) is 15.5. The Bertz CT molecular complexity index is 850. The first-order valence-electron chi connectivity index (χ1n) is 6.82. The van der Waals surface area contributed by atoms with Crippen LogP contribution in [0.4, 0.5) is 5.69 Å². The summed E-state index contributed by atoms with van der Waals surface area (Å²) in [5, 5.41) is 3.17. The van der Waals surface area contributed by atoms with E-state index in [4.69, 9.17) is 11.6 Å². The Balaban J connectivity index is 1.79. The smallest absolute Gasteiger partial charge is 0.248 e. The third-order valence-corrected chi connectivity index (χ3v) is 3.51. The number of aromatic nitrogens is 2. The van der Waals surface area contributed by atoms with Gasteiger partial charge in [-0.05, 0) is 37.3 Å². The van der Waals surface area contributed by atoms with Crippen molar-refractivity contribution < 1.29 is 4.79 Å². The first kappa shape index (κ1) is 14.4. The quantitative estimate of drug-likeness (QED) is 0.744. The molecule has 5 heteroatoms. The van der Waals surface area contributed by atoms with E-state index in [1.807, 2.05) is 60.0 Å². The molecule has 0 unspecified atom stereocenters. The van der Waals surface area contributed by atoms with Crippen LogP contribution in [0, 0.1) is 6.92 Å². The molecule has 0 fully saturated rings. The number of rotatable bonds is 3. The first-order valence-corrected chi connectivity index (χ1v) is 7.19. The van der Waals surface area contributed by atoms with Gasteiger partial charge in [-0.3, -0.25) is 9.20 Å². The van der Waals surface area contributed by atoms with E-state index in [0.717, 1.165) is 16.9 Å². The van der Waals surface area contributed by atoms with Gasteiger partial charge < -0.3 is 5.32 Å². The second kappa shape index (κ2) is 6.03. The molecule has 0 radical (unpaired) electrons. The van der Waals surface area contributed by atoms with Crippen molar-refractivity contribution in [3.05, 3.63) is 71.1 Å². The third kappa shape index (κ3) is 3.02. The number of benzene rings is 1. The number of nitrogens with zero attached hydrogens (tertiary/aromatic N) is 2. The fraction of sp³-hybridized carbons (Fsp3) is 0.0588. The molecule has 1 N–H and O–H groups in total. The Hall–Kier alpha value is -2.59. The fourth-order valence-electron chi connectivity index (χ4n) is 2.11. The molecule has 1 amide bonds. The maximum Gasteiger partial charge on any atom is 0.248 e. The van der Waals surface area contributed by atoms with Gasteiger partial charge in [-0.1, -0.05) is 35.4 Å². The highest BCUT2D eigenvalue weighted by Crippen LogP contribution is 2.19. The molecule has 0 aliphatic carbocycles. The van der Waals surface area contributed by atoms with E-state index in [1.165, 1.54) is 6.08 Å². The molecule has 0 aliphatic heterocycles. The molecule has 22 heavy (non-hydrogen) atoms. The monoisotopic (exact) mass is 311 g/mol. The largest absolute Gasteiger partial charge is 0.323 e. The molecule has 0 aliphatic rings. The van der Waals surface area contributed by atoms with Crippen LogP contribution in [0.5, 0.6) is 0 Å². The summed E-state index contributed by atoms with van der Waals surface area (Å²) in [4.78, 5) is 16.2. The van der Waals surface area contributed by atoms with Crippen molar-refractivity contribution in [2.24, 2.45) is 0 Å². The van der Waals surface area contributed by atoms with Crippen LogP contribution in [0.1, 0.15) is 11.3 Å². The minimum atomic E-state index is -0.217. The predicted octanol–water partition coefficient (Wildman–Crippen LogP) is 3.95. The van der Waals surface area contributed by atoms with Crippen LogP contribution < -0.4 is 5.32 Å². The molecule has 2 aromatic heterocycles. The van der Waals surface area contributed by atoms with Crippen LogP contribution in [0.2, 0.25) is 5.15 Å². The van der Waals surface area contributed by atoms with Gasteiger partial charge in [0, 0.05) is 18.0 Å². The van der Waals surface area contributed by atoms with Crippen LogP contribution >= 0.6 is 11.6 Å². The number of pyridine rings is 1. The zero-order valence-corrected chi connectivity index (χ0v) is 12.7. The number of aryl methyl sites for hydroxylation is 1. The van der Waals surface area contributed by atoms with Crippen LogP contribution in [0.3, 0.4) is 0 Å². The molecule has 4 nitrogen and oxygen atoms in total. The number of hydrogen-bond acceptors (Lipinski definition) is 2. The molecule has 0 bridgehead atoms. The molecule has 0 spiro atoms. The Morgan fingerprint density at radius 3 is 2.77 bits per heavy atom.